The van der Waals surface area contributed by atoms with Gasteiger partial charge in [0.15, 0.2) is 0 Å². The van der Waals surface area contributed by atoms with Gasteiger partial charge in [-0.1, -0.05) is 22.9 Å². The zero-order valence-corrected chi connectivity index (χ0v) is 10.2. The lowest BCUT2D eigenvalue weighted by Gasteiger charge is -1.96. The fourth-order valence-corrected chi connectivity index (χ4v) is 2.13. The third-order valence-electron chi connectivity index (χ3n) is 2.47. The van der Waals surface area contributed by atoms with E-state index >= 15 is 0 Å². The Balaban J connectivity index is 2.63. The fourth-order valence-electron chi connectivity index (χ4n) is 1.77. The van der Waals surface area contributed by atoms with Crippen LogP contribution in [0.15, 0.2) is 27.1 Å². The Morgan fingerprint density at radius 1 is 1.40 bits per heavy atom. The van der Waals surface area contributed by atoms with Gasteiger partial charge in [-0.25, -0.2) is 0 Å². The minimum atomic E-state index is 0.0405. The molecule has 1 aromatic heterocycles. The maximum absolute atomic E-state index is 9.35. The molecule has 80 valence electrons. The van der Waals surface area contributed by atoms with Crippen molar-refractivity contribution in [3.05, 3.63) is 34.0 Å². The van der Waals surface area contributed by atoms with Crippen molar-refractivity contribution in [2.24, 2.45) is 0 Å². The first-order chi connectivity index (χ1) is 7.26. The second-order valence-electron chi connectivity index (χ2n) is 3.55. The first kappa shape index (κ1) is 10.7. The van der Waals surface area contributed by atoms with Crippen LogP contribution in [0.3, 0.4) is 0 Å². The average Bonchev–Trinajstić information content (AvgIpc) is 2.55. The van der Waals surface area contributed by atoms with Crippen molar-refractivity contribution in [2.45, 2.75) is 26.4 Å². The number of aliphatic hydroxyl groups is 1. The number of rotatable bonds is 3. The first-order valence-electron chi connectivity index (χ1n) is 5.07. The minimum absolute atomic E-state index is 0.0405. The molecule has 0 spiro atoms. The van der Waals surface area contributed by atoms with E-state index in [4.69, 9.17) is 4.42 Å². The number of fused-ring (bicyclic) bond motifs is 1. The number of hydrogen-bond acceptors (Lipinski definition) is 2. The molecule has 0 amide bonds. The average molecular weight is 269 g/mol. The summed E-state index contributed by atoms with van der Waals surface area (Å²) in [6.07, 6.45) is 1.90. The van der Waals surface area contributed by atoms with Crippen LogP contribution in [0, 0.1) is 0 Å². The van der Waals surface area contributed by atoms with Gasteiger partial charge in [-0.15, -0.1) is 0 Å². The quantitative estimate of drug-likeness (QED) is 0.922. The second-order valence-corrected chi connectivity index (χ2v) is 4.47. The lowest BCUT2D eigenvalue weighted by atomic mass is 10.1. The molecule has 0 radical (unpaired) electrons. The summed E-state index contributed by atoms with van der Waals surface area (Å²) < 4.78 is 6.71. The maximum atomic E-state index is 9.35. The van der Waals surface area contributed by atoms with E-state index in [2.05, 4.69) is 22.9 Å². The Bertz CT molecular complexity index is 474. The number of benzene rings is 1. The van der Waals surface area contributed by atoms with Crippen molar-refractivity contribution in [3.8, 4) is 0 Å². The molecular formula is C12H13BrO2. The largest absolute Gasteiger partial charge is 0.461 e. The molecule has 0 saturated heterocycles. The van der Waals surface area contributed by atoms with E-state index in [-0.39, 0.29) is 6.61 Å². The zero-order valence-electron chi connectivity index (χ0n) is 8.59. The van der Waals surface area contributed by atoms with Crippen LogP contribution in [0.5, 0.6) is 0 Å². The minimum Gasteiger partial charge on any atom is -0.461 e. The van der Waals surface area contributed by atoms with Gasteiger partial charge in [0.05, 0.1) is 6.61 Å². The Kier molecular flexibility index (Phi) is 3.12. The Morgan fingerprint density at radius 2 is 2.20 bits per heavy atom. The van der Waals surface area contributed by atoms with Crippen LogP contribution in [0.25, 0.3) is 11.0 Å². The summed E-state index contributed by atoms with van der Waals surface area (Å²) in [6, 6.07) is 5.87. The fraction of sp³-hybridized carbons (Fsp3) is 0.333. The summed E-state index contributed by atoms with van der Waals surface area (Å²) in [5, 5.41) is 10.4. The molecule has 0 atom stereocenters. The SMILES string of the molecule is CCCc1oc2ccc(Br)cc2c1CO. The zero-order chi connectivity index (χ0) is 10.8. The molecule has 3 heteroatoms. The van der Waals surface area contributed by atoms with E-state index in [1.165, 1.54) is 0 Å². The van der Waals surface area contributed by atoms with Crippen LogP contribution >= 0.6 is 15.9 Å². The highest BCUT2D eigenvalue weighted by molar-refractivity contribution is 9.10. The molecule has 0 unspecified atom stereocenters. The van der Waals surface area contributed by atoms with Gasteiger partial charge in [-0.2, -0.15) is 0 Å². The summed E-state index contributed by atoms with van der Waals surface area (Å²) in [5.41, 5.74) is 1.78. The second kappa shape index (κ2) is 4.37. The normalized spacial score (nSPS) is 11.1. The molecule has 1 aromatic carbocycles. The van der Waals surface area contributed by atoms with Crippen LogP contribution in [0.2, 0.25) is 0 Å². The van der Waals surface area contributed by atoms with E-state index < -0.39 is 0 Å². The first-order valence-corrected chi connectivity index (χ1v) is 5.86. The summed E-state index contributed by atoms with van der Waals surface area (Å²) in [7, 11) is 0. The molecule has 0 aliphatic rings. The molecule has 0 aliphatic heterocycles. The smallest absolute Gasteiger partial charge is 0.134 e. The lowest BCUT2D eigenvalue weighted by molar-refractivity contribution is 0.279. The van der Waals surface area contributed by atoms with Gasteiger partial charge in [-0.3, -0.25) is 0 Å². The van der Waals surface area contributed by atoms with Crippen LogP contribution in [-0.4, -0.2) is 5.11 Å². The third kappa shape index (κ3) is 1.94. The number of furan rings is 1. The number of halogens is 1. The van der Waals surface area contributed by atoms with Gasteiger partial charge < -0.3 is 9.52 Å². The molecule has 1 N–H and O–H groups in total. The molecular weight excluding hydrogens is 256 g/mol. The molecule has 1 heterocycles. The number of aryl methyl sites for hydroxylation is 1. The van der Waals surface area contributed by atoms with Gasteiger partial charge in [-0.05, 0) is 24.6 Å². The standard InChI is InChI=1S/C12H13BrO2/c1-2-3-11-10(7-14)9-6-8(13)4-5-12(9)15-11/h4-6,14H,2-3,7H2,1H3. The predicted octanol–water partition coefficient (Wildman–Crippen LogP) is 3.64. The van der Waals surface area contributed by atoms with Crippen molar-refractivity contribution in [1.82, 2.24) is 0 Å². The van der Waals surface area contributed by atoms with Crippen LogP contribution in [0.1, 0.15) is 24.7 Å². The molecule has 0 aliphatic carbocycles. The Hall–Kier alpha value is -0.800. The van der Waals surface area contributed by atoms with Crippen molar-refractivity contribution < 1.29 is 9.52 Å². The van der Waals surface area contributed by atoms with Gasteiger partial charge in [0.25, 0.3) is 0 Å². The van der Waals surface area contributed by atoms with Crippen LogP contribution in [-0.2, 0) is 13.0 Å². The summed E-state index contributed by atoms with van der Waals surface area (Å²) in [4.78, 5) is 0. The third-order valence-corrected chi connectivity index (χ3v) is 2.96. The van der Waals surface area contributed by atoms with E-state index in [1.54, 1.807) is 0 Å². The van der Waals surface area contributed by atoms with Crippen molar-refractivity contribution >= 4 is 26.9 Å². The highest BCUT2D eigenvalue weighted by atomic mass is 79.9. The Labute approximate surface area is 97.0 Å². The van der Waals surface area contributed by atoms with Crippen LogP contribution < -0.4 is 0 Å². The molecule has 15 heavy (non-hydrogen) atoms. The van der Waals surface area contributed by atoms with E-state index in [1.807, 2.05) is 18.2 Å². The van der Waals surface area contributed by atoms with Gasteiger partial charge in [0, 0.05) is 21.8 Å². The lowest BCUT2D eigenvalue weighted by Crippen LogP contribution is -1.88. The van der Waals surface area contributed by atoms with E-state index in [0.29, 0.717) is 0 Å². The molecule has 2 aromatic rings. The molecule has 0 fully saturated rings. The van der Waals surface area contributed by atoms with Crippen molar-refractivity contribution in [2.75, 3.05) is 0 Å². The summed E-state index contributed by atoms with van der Waals surface area (Å²) in [5.74, 6) is 0.910. The van der Waals surface area contributed by atoms with Gasteiger partial charge in [0.1, 0.15) is 11.3 Å². The van der Waals surface area contributed by atoms with Gasteiger partial charge in [0.2, 0.25) is 0 Å². The summed E-state index contributed by atoms with van der Waals surface area (Å²) >= 11 is 3.42. The summed E-state index contributed by atoms with van der Waals surface area (Å²) in [6.45, 7) is 2.14. The number of aliphatic hydroxyl groups excluding tert-OH is 1. The molecule has 2 rings (SSSR count). The van der Waals surface area contributed by atoms with E-state index in [0.717, 1.165) is 39.6 Å². The highest BCUT2D eigenvalue weighted by Gasteiger charge is 2.12. The molecule has 0 saturated carbocycles. The Morgan fingerprint density at radius 3 is 2.87 bits per heavy atom. The number of hydrogen-bond donors (Lipinski definition) is 1. The van der Waals surface area contributed by atoms with Crippen molar-refractivity contribution in [3.63, 3.8) is 0 Å². The van der Waals surface area contributed by atoms with Crippen molar-refractivity contribution in [1.29, 1.82) is 0 Å². The topological polar surface area (TPSA) is 33.4 Å². The molecule has 2 nitrogen and oxygen atoms in total. The maximum Gasteiger partial charge on any atom is 0.134 e. The predicted molar refractivity (Wildman–Crippen MR) is 63.8 cm³/mol. The van der Waals surface area contributed by atoms with E-state index in [9.17, 15) is 5.11 Å². The molecule has 0 bridgehead atoms. The highest BCUT2D eigenvalue weighted by Crippen LogP contribution is 2.29. The van der Waals surface area contributed by atoms with Crippen LogP contribution in [0.4, 0.5) is 0 Å². The van der Waals surface area contributed by atoms with Gasteiger partial charge >= 0.3 is 0 Å². The monoisotopic (exact) mass is 268 g/mol.